The second kappa shape index (κ2) is 4.96. The number of alkyl halides is 4. The molecule has 1 aliphatic rings. The molecule has 0 bridgehead atoms. The van der Waals surface area contributed by atoms with Crippen LogP contribution in [0.5, 0.6) is 0 Å². The highest BCUT2D eigenvalue weighted by atomic mass is 35.5. The summed E-state index contributed by atoms with van der Waals surface area (Å²) in [6.45, 7) is 1.84. The number of aliphatic imine (C=N–C) groups is 1. The zero-order valence-corrected chi connectivity index (χ0v) is 10.7. The summed E-state index contributed by atoms with van der Waals surface area (Å²) in [6, 6.07) is 2.84. The van der Waals surface area contributed by atoms with Gasteiger partial charge in [0.25, 0.3) is 0 Å². The van der Waals surface area contributed by atoms with Crippen molar-refractivity contribution >= 4 is 17.3 Å². The fourth-order valence-electron chi connectivity index (χ4n) is 1.89. The van der Waals surface area contributed by atoms with Gasteiger partial charge in [0, 0.05) is 6.42 Å². The van der Waals surface area contributed by atoms with Crippen molar-refractivity contribution in [2.45, 2.75) is 19.5 Å². The summed E-state index contributed by atoms with van der Waals surface area (Å²) in [5.41, 5.74) is 1.27. The summed E-state index contributed by atoms with van der Waals surface area (Å²) in [6.07, 6.45) is -4.21. The summed E-state index contributed by atoms with van der Waals surface area (Å²) >= 11 is 5.68. The third kappa shape index (κ3) is 2.81. The number of allylic oxidation sites excluding steroid dienone is 2. The van der Waals surface area contributed by atoms with Gasteiger partial charge in [-0.2, -0.15) is 13.2 Å². The van der Waals surface area contributed by atoms with Gasteiger partial charge < -0.3 is 0 Å². The fraction of sp³-hybridized carbons (Fsp3) is 0.308. The van der Waals surface area contributed by atoms with Crippen LogP contribution >= 0.6 is 11.6 Å². The van der Waals surface area contributed by atoms with Crippen LogP contribution in [0.15, 0.2) is 34.5 Å². The molecule has 1 aliphatic heterocycles. The van der Waals surface area contributed by atoms with Crippen molar-refractivity contribution < 1.29 is 17.6 Å². The van der Waals surface area contributed by atoms with Crippen molar-refractivity contribution in [3.05, 3.63) is 46.4 Å². The van der Waals surface area contributed by atoms with E-state index >= 15 is 0 Å². The Morgan fingerprint density at radius 3 is 2.47 bits per heavy atom. The van der Waals surface area contributed by atoms with Crippen molar-refractivity contribution in [1.29, 1.82) is 0 Å². The smallest absolute Gasteiger partial charge is 0.256 e. The van der Waals surface area contributed by atoms with Gasteiger partial charge >= 0.3 is 6.18 Å². The zero-order chi connectivity index (χ0) is 14.2. The van der Waals surface area contributed by atoms with Crippen LogP contribution in [0.2, 0.25) is 0 Å². The lowest BCUT2D eigenvalue weighted by Gasteiger charge is -2.09. The van der Waals surface area contributed by atoms with Gasteiger partial charge in [-0.1, -0.05) is 6.07 Å². The zero-order valence-electron chi connectivity index (χ0n) is 9.98. The van der Waals surface area contributed by atoms with Gasteiger partial charge in [-0.25, -0.2) is 4.39 Å². The van der Waals surface area contributed by atoms with E-state index in [1.54, 1.807) is 0 Å². The summed E-state index contributed by atoms with van der Waals surface area (Å²) in [5, 5.41) is 0. The van der Waals surface area contributed by atoms with Gasteiger partial charge in [0.05, 0.1) is 22.9 Å². The molecular formula is C13H10ClF4N. The Morgan fingerprint density at radius 2 is 2.00 bits per heavy atom. The molecule has 0 saturated carbocycles. The maximum atomic E-state index is 13.5. The summed E-state index contributed by atoms with van der Waals surface area (Å²) in [7, 11) is 0. The van der Waals surface area contributed by atoms with Crippen LogP contribution in [-0.4, -0.2) is 11.6 Å². The third-order valence-corrected chi connectivity index (χ3v) is 3.18. The molecule has 0 atom stereocenters. The Hall–Kier alpha value is -1.36. The van der Waals surface area contributed by atoms with Gasteiger partial charge in [0.2, 0.25) is 0 Å². The van der Waals surface area contributed by atoms with E-state index in [0.717, 1.165) is 17.7 Å². The lowest BCUT2D eigenvalue weighted by Crippen LogP contribution is -2.09. The first kappa shape index (κ1) is 14.1. The Bertz CT molecular complexity index is 572. The maximum absolute atomic E-state index is 13.5. The van der Waals surface area contributed by atoms with Crippen molar-refractivity contribution in [2.75, 3.05) is 5.88 Å². The van der Waals surface area contributed by atoms with Gasteiger partial charge in [-0.05, 0) is 30.2 Å². The van der Waals surface area contributed by atoms with Crippen molar-refractivity contribution in [3.63, 3.8) is 0 Å². The molecule has 0 aromatic heterocycles. The molecule has 1 nitrogen and oxygen atoms in total. The van der Waals surface area contributed by atoms with E-state index in [2.05, 4.69) is 4.99 Å². The molecule has 0 unspecified atom stereocenters. The van der Waals surface area contributed by atoms with Crippen molar-refractivity contribution in [3.8, 4) is 0 Å². The highest BCUT2D eigenvalue weighted by Gasteiger charge is 2.34. The molecule has 6 heteroatoms. The van der Waals surface area contributed by atoms with Crippen molar-refractivity contribution in [1.82, 2.24) is 0 Å². The molecule has 0 N–H and O–H groups in total. The molecule has 0 spiro atoms. The van der Waals surface area contributed by atoms with Gasteiger partial charge in [0.1, 0.15) is 5.82 Å². The Kier molecular flexibility index (Phi) is 3.67. The van der Waals surface area contributed by atoms with Crippen LogP contribution in [-0.2, 0) is 6.18 Å². The maximum Gasteiger partial charge on any atom is 0.419 e. The minimum absolute atomic E-state index is 0.235. The fourth-order valence-corrected chi connectivity index (χ4v) is 2.17. The highest BCUT2D eigenvalue weighted by Crippen LogP contribution is 2.32. The van der Waals surface area contributed by atoms with Gasteiger partial charge in [-0.3, -0.25) is 4.99 Å². The van der Waals surface area contributed by atoms with E-state index in [4.69, 9.17) is 11.6 Å². The van der Waals surface area contributed by atoms with E-state index in [9.17, 15) is 17.6 Å². The number of nitrogens with zero attached hydrogens (tertiary/aromatic N) is 1. The van der Waals surface area contributed by atoms with E-state index in [-0.39, 0.29) is 5.88 Å². The van der Waals surface area contributed by atoms with Crippen LogP contribution in [0.4, 0.5) is 17.6 Å². The Balaban J connectivity index is 2.33. The molecule has 0 aliphatic carbocycles. The third-order valence-electron chi connectivity index (χ3n) is 2.93. The summed E-state index contributed by atoms with van der Waals surface area (Å²) in [4.78, 5) is 4.21. The second-order valence-electron chi connectivity index (χ2n) is 4.29. The molecule has 1 heterocycles. The normalized spacial score (nSPS) is 16.0. The molecule has 0 fully saturated rings. The van der Waals surface area contributed by atoms with Crippen molar-refractivity contribution in [2.24, 2.45) is 4.99 Å². The summed E-state index contributed by atoms with van der Waals surface area (Å²) < 4.78 is 50.8. The van der Waals surface area contributed by atoms with E-state index in [1.165, 1.54) is 6.07 Å². The van der Waals surface area contributed by atoms with Gasteiger partial charge in [0.15, 0.2) is 0 Å². The predicted octanol–water partition coefficient (Wildman–Crippen LogP) is 4.55. The lowest BCUT2D eigenvalue weighted by atomic mass is 10.0. The molecular weight excluding hydrogens is 282 g/mol. The Labute approximate surface area is 112 Å². The topological polar surface area (TPSA) is 12.4 Å². The lowest BCUT2D eigenvalue weighted by molar-refractivity contribution is -0.140. The molecule has 0 saturated heterocycles. The summed E-state index contributed by atoms with van der Waals surface area (Å²) in [5.74, 6) is -1.05. The molecule has 0 amide bonds. The molecule has 0 radical (unpaired) electrons. The standard InChI is InChI=1S/C13H10ClF4N/c1-7-4-11(19-12(7)6-14)8-2-3-9(10(15)5-8)13(16,17)18/h2-3,5H,4,6H2,1H3. The number of benzene rings is 1. The van der Waals surface area contributed by atoms with Gasteiger partial charge in [-0.15, -0.1) is 11.6 Å². The quantitative estimate of drug-likeness (QED) is 0.560. The average Bonchev–Trinajstić information content (AvgIpc) is 2.68. The SMILES string of the molecule is CC1=C(CCl)N=C(c2ccc(C(F)(F)F)c(F)c2)C1. The molecule has 102 valence electrons. The van der Waals surface area contributed by atoms with Crippen LogP contribution in [0.3, 0.4) is 0 Å². The number of halogens is 5. The van der Waals surface area contributed by atoms with E-state index in [1.807, 2.05) is 6.92 Å². The number of rotatable bonds is 2. The molecule has 1 aromatic rings. The predicted molar refractivity (Wildman–Crippen MR) is 66.0 cm³/mol. The highest BCUT2D eigenvalue weighted by molar-refractivity contribution is 6.20. The molecule has 2 rings (SSSR count). The van der Waals surface area contributed by atoms with Crippen LogP contribution in [0.25, 0.3) is 0 Å². The van der Waals surface area contributed by atoms with Crippen LogP contribution in [0, 0.1) is 5.82 Å². The molecule has 1 aromatic carbocycles. The van der Waals surface area contributed by atoms with E-state index < -0.39 is 17.6 Å². The minimum Gasteiger partial charge on any atom is -0.256 e. The number of hydrogen-bond acceptors (Lipinski definition) is 1. The molecule has 19 heavy (non-hydrogen) atoms. The Morgan fingerprint density at radius 1 is 1.32 bits per heavy atom. The monoisotopic (exact) mass is 291 g/mol. The van der Waals surface area contributed by atoms with Crippen LogP contribution in [0.1, 0.15) is 24.5 Å². The second-order valence-corrected chi connectivity index (χ2v) is 4.56. The average molecular weight is 292 g/mol. The first-order valence-electron chi connectivity index (χ1n) is 5.52. The number of hydrogen-bond donors (Lipinski definition) is 0. The largest absolute Gasteiger partial charge is 0.419 e. The van der Waals surface area contributed by atoms with Crippen LogP contribution < -0.4 is 0 Å². The minimum atomic E-state index is -4.68. The van der Waals surface area contributed by atoms with E-state index in [0.29, 0.717) is 23.4 Å². The first-order valence-corrected chi connectivity index (χ1v) is 6.05. The first-order chi connectivity index (χ1) is 8.82.